The molecule has 2 heteroatoms. The van der Waals surface area contributed by atoms with Gasteiger partial charge >= 0.3 is 0 Å². The summed E-state index contributed by atoms with van der Waals surface area (Å²) in [5.74, 6) is 0.759. The smallest absolute Gasteiger partial charge is 0.0662 e. The lowest BCUT2D eigenvalue weighted by molar-refractivity contribution is 0.121. The van der Waals surface area contributed by atoms with Crippen LogP contribution in [0.3, 0.4) is 0 Å². The van der Waals surface area contributed by atoms with E-state index in [2.05, 4.69) is 127 Å². The zero-order valence-corrected chi connectivity index (χ0v) is 22.0. The van der Waals surface area contributed by atoms with Crippen molar-refractivity contribution in [3.8, 4) is 11.1 Å². The van der Waals surface area contributed by atoms with Crippen LogP contribution in [0.4, 0.5) is 0 Å². The third-order valence-electron chi connectivity index (χ3n) is 9.18. The van der Waals surface area contributed by atoms with Crippen LogP contribution in [0.1, 0.15) is 52.7 Å². The molecular formula is C33H40N2. The van der Waals surface area contributed by atoms with Gasteiger partial charge < -0.3 is 11.5 Å². The second-order valence-corrected chi connectivity index (χ2v) is 11.5. The molecule has 0 saturated heterocycles. The van der Waals surface area contributed by atoms with Crippen molar-refractivity contribution in [1.29, 1.82) is 0 Å². The summed E-state index contributed by atoms with van der Waals surface area (Å²) in [6.07, 6.45) is 13.5. The molecule has 4 N–H and O–H groups in total. The van der Waals surface area contributed by atoms with Gasteiger partial charge in [0.25, 0.3) is 0 Å². The molecule has 2 aromatic carbocycles. The summed E-state index contributed by atoms with van der Waals surface area (Å²) >= 11 is 0. The van der Waals surface area contributed by atoms with Gasteiger partial charge in [-0.2, -0.15) is 0 Å². The summed E-state index contributed by atoms with van der Waals surface area (Å²) in [5.41, 5.74) is 21.5. The molecule has 5 rings (SSSR count). The van der Waals surface area contributed by atoms with Gasteiger partial charge in [0.1, 0.15) is 0 Å². The molecule has 4 atom stereocenters. The number of hydrogen-bond donors (Lipinski definition) is 2. The van der Waals surface area contributed by atoms with Gasteiger partial charge in [-0.1, -0.05) is 127 Å². The molecule has 0 saturated carbocycles. The van der Waals surface area contributed by atoms with Crippen molar-refractivity contribution < 1.29 is 0 Å². The van der Waals surface area contributed by atoms with E-state index in [9.17, 15) is 0 Å². The Hall–Kier alpha value is -2.68. The van der Waals surface area contributed by atoms with Gasteiger partial charge in [-0.05, 0) is 57.1 Å². The van der Waals surface area contributed by atoms with Crippen LogP contribution in [0.15, 0.2) is 96.1 Å². The lowest BCUT2D eigenvalue weighted by Crippen LogP contribution is -2.77. The van der Waals surface area contributed by atoms with E-state index in [1.54, 1.807) is 0 Å². The Kier molecular flexibility index (Phi) is 5.62. The molecule has 0 amide bonds. The molecule has 0 heterocycles. The first-order valence-corrected chi connectivity index (χ1v) is 13.2. The summed E-state index contributed by atoms with van der Waals surface area (Å²) in [6.45, 7) is 13.6. The third kappa shape index (κ3) is 2.84. The first-order chi connectivity index (χ1) is 16.6. The molecule has 0 spiro atoms. The topological polar surface area (TPSA) is 52.0 Å². The minimum Gasteiger partial charge on any atom is -0.320 e. The Labute approximate surface area is 211 Å². The largest absolute Gasteiger partial charge is 0.320 e. The van der Waals surface area contributed by atoms with Crippen LogP contribution in [-0.2, 0) is 5.41 Å². The molecule has 2 aromatic rings. The van der Waals surface area contributed by atoms with E-state index in [0.717, 1.165) is 0 Å². The van der Waals surface area contributed by atoms with E-state index in [0.29, 0.717) is 0 Å². The summed E-state index contributed by atoms with van der Waals surface area (Å²) < 4.78 is 0. The Morgan fingerprint density at radius 2 is 1.00 bits per heavy atom. The first kappa shape index (κ1) is 24.0. The molecule has 0 aliphatic heterocycles. The lowest BCUT2D eigenvalue weighted by atomic mass is 9.43. The van der Waals surface area contributed by atoms with Crippen molar-refractivity contribution in [2.75, 3.05) is 0 Å². The predicted molar refractivity (Wildman–Crippen MR) is 149 cm³/mol. The average Bonchev–Trinajstić information content (AvgIpc) is 3.14. The van der Waals surface area contributed by atoms with E-state index in [1.165, 1.54) is 33.4 Å². The average molecular weight is 465 g/mol. The van der Waals surface area contributed by atoms with Gasteiger partial charge in [0.2, 0.25) is 0 Å². The highest BCUT2D eigenvalue weighted by Gasteiger charge is 2.70. The van der Waals surface area contributed by atoms with E-state index in [1.807, 2.05) is 0 Å². The van der Waals surface area contributed by atoms with Crippen LogP contribution in [0.5, 0.6) is 0 Å². The predicted octanol–water partition coefficient (Wildman–Crippen LogP) is 6.92. The van der Waals surface area contributed by atoms with Gasteiger partial charge in [0, 0.05) is 0 Å². The van der Waals surface area contributed by atoms with Crippen LogP contribution >= 0.6 is 0 Å². The number of hydrogen-bond acceptors (Lipinski definition) is 2. The quantitative estimate of drug-likeness (QED) is 0.516. The van der Waals surface area contributed by atoms with Crippen LogP contribution in [0.25, 0.3) is 11.1 Å². The SMILES string of the molecule is CC(C)C1=CC=CC(C)C1(N)C1(C2(N)C(C(C)C)=CC=CC2C)c2ccccc2-c2ccccc21. The maximum absolute atomic E-state index is 8.01. The number of rotatable bonds is 4. The minimum atomic E-state index is -0.721. The zero-order valence-electron chi connectivity index (χ0n) is 22.0. The van der Waals surface area contributed by atoms with E-state index in [-0.39, 0.29) is 23.7 Å². The summed E-state index contributed by atoms with van der Waals surface area (Å²) in [5, 5.41) is 0. The summed E-state index contributed by atoms with van der Waals surface area (Å²) in [6, 6.07) is 17.7. The third-order valence-corrected chi connectivity index (χ3v) is 9.18. The minimum absolute atomic E-state index is 0.0936. The van der Waals surface area contributed by atoms with E-state index >= 15 is 0 Å². The molecular weight excluding hydrogens is 424 g/mol. The van der Waals surface area contributed by atoms with Crippen LogP contribution in [-0.4, -0.2) is 11.1 Å². The molecule has 3 aliphatic carbocycles. The molecule has 35 heavy (non-hydrogen) atoms. The van der Waals surface area contributed by atoms with Crippen molar-refractivity contribution in [3.05, 3.63) is 107 Å². The molecule has 4 unspecified atom stereocenters. The van der Waals surface area contributed by atoms with Gasteiger partial charge in [0.15, 0.2) is 0 Å². The van der Waals surface area contributed by atoms with Crippen molar-refractivity contribution in [2.45, 2.75) is 58.0 Å². The summed E-state index contributed by atoms with van der Waals surface area (Å²) in [4.78, 5) is 0. The molecule has 0 radical (unpaired) electrons. The molecule has 0 bridgehead atoms. The molecule has 0 fully saturated rings. The van der Waals surface area contributed by atoms with E-state index in [4.69, 9.17) is 11.5 Å². The van der Waals surface area contributed by atoms with Gasteiger partial charge in [-0.3, -0.25) is 0 Å². The second kappa shape index (κ2) is 8.18. The Balaban J connectivity index is 2.03. The van der Waals surface area contributed by atoms with Gasteiger partial charge in [-0.25, -0.2) is 0 Å². The fraction of sp³-hybridized carbons (Fsp3) is 0.394. The molecule has 2 nitrogen and oxygen atoms in total. The van der Waals surface area contributed by atoms with Crippen LogP contribution < -0.4 is 11.5 Å². The normalized spacial score (nSPS) is 30.8. The van der Waals surface area contributed by atoms with Crippen LogP contribution in [0, 0.1) is 23.7 Å². The zero-order chi connectivity index (χ0) is 25.2. The van der Waals surface area contributed by atoms with Gasteiger partial charge in [-0.15, -0.1) is 0 Å². The molecule has 0 aromatic heterocycles. The van der Waals surface area contributed by atoms with E-state index < -0.39 is 16.5 Å². The standard InChI is InChI=1S/C33H40N2/c1-21(2)27-19-11-13-23(5)32(27,34)31(33(35)24(6)14-12-20-28(33)22(3)4)29-17-9-7-15-25(29)26-16-8-10-18-30(26)31/h7-24H,34-35H2,1-6H3. The van der Waals surface area contributed by atoms with Crippen LogP contribution in [0.2, 0.25) is 0 Å². The fourth-order valence-electron chi connectivity index (χ4n) is 7.68. The highest BCUT2D eigenvalue weighted by Crippen LogP contribution is 2.66. The van der Waals surface area contributed by atoms with Crippen molar-refractivity contribution in [1.82, 2.24) is 0 Å². The number of benzene rings is 2. The van der Waals surface area contributed by atoms with Crippen molar-refractivity contribution in [3.63, 3.8) is 0 Å². The van der Waals surface area contributed by atoms with Crippen molar-refractivity contribution in [2.24, 2.45) is 35.1 Å². The lowest BCUT2D eigenvalue weighted by Gasteiger charge is -2.63. The Morgan fingerprint density at radius 3 is 1.37 bits per heavy atom. The Bertz CT molecular complexity index is 1170. The van der Waals surface area contributed by atoms with Crippen molar-refractivity contribution >= 4 is 0 Å². The maximum Gasteiger partial charge on any atom is 0.0662 e. The molecule has 3 aliphatic rings. The number of nitrogens with two attached hydrogens (primary N) is 2. The highest BCUT2D eigenvalue weighted by molar-refractivity contribution is 5.85. The Morgan fingerprint density at radius 1 is 0.629 bits per heavy atom. The molecule has 182 valence electrons. The number of allylic oxidation sites excluding steroid dienone is 4. The fourth-order valence-corrected chi connectivity index (χ4v) is 7.68. The maximum atomic E-state index is 8.01. The van der Waals surface area contributed by atoms with Gasteiger partial charge in [0.05, 0.1) is 16.5 Å². The monoisotopic (exact) mass is 464 g/mol. The first-order valence-electron chi connectivity index (χ1n) is 13.2. The highest BCUT2D eigenvalue weighted by atomic mass is 15.0. The number of fused-ring (bicyclic) bond motifs is 3. The second-order valence-electron chi connectivity index (χ2n) is 11.5. The summed E-state index contributed by atoms with van der Waals surface area (Å²) in [7, 11) is 0.